The highest BCUT2D eigenvalue weighted by Gasteiger charge is 2.56. The fourth-order valence-electron chi connectivity index (χ4n) is 10.2. The molecule has 2 fully saturated rings. The number of thiophene rings is 3. The molecule has 9 rings (SSSR count). The summed E-state index contributed by atoms with van der Waals surface area (Å²) in [5.74, 6) is 0. The first kappa shape index (κ1) is 31.0. The quantitative estimate of drug-likeness (QED) is 0.198. The molecule has 0 atom stereocenters. The second kappa shape index (κ2) is 11.8. The van der Waals surface area contributed by atoms with Crippen LogP contribution in [0, 0.1) is 40.6 Å². The smallest absolute Gasteiger partial charge is 0.226 e. The predicted molar refractivity (Wildman–Crippen MR) is 200 cm³/mol. The molecule has 3 aromatic heterocycles. The molecule has 4 nitrogen and oxygen atoms in total. The Bertz CT molecular complexity index is 2050. The predicted octanol–water partition coefficient (Wildman–Crippen LogP) is 12.5. The summed E-state index contributed by atoms with van der Waals surface area (Å²) in [7, 11) is 0. The Hall–Kier alpha value is -3.98. The minimum absolute atomic E-state index is 0.0839. The number of fused-ring (bicyclic) bond motifs is 11. The van der Waals surface area contributed by atoms with Crippen molar-refractivity contribution in [3.05, 3.63) is 90.1 Å². The molecule has 3 aromatic rings. The summed E-state index contributed by atoms with van der Waals surface area (Å²) in [5.41, 5.74) is 11.6. The van der Waals surface area contributed by atoms with Crippen LogP contribution in [0.4, 0.5) is 0 Å². The number of nitrogens with zero attached hydrogens (tertiary/aromatic N) is 4. The van der Waals surface area contributed by atoms with E-state index in [2.05, 4.69) is 58.7 Å². The highest BCUT2D eigenvalue weighted by atomic mass is 32.1. The van der Waals surface area contributed by atoms with Crippen LogP contribution in [0.2, 0.25) is 0 Å². The SMILES string of the molecule is [C-]#[N+]/C(C#N)=C1/C=C(c2cc3c(s2)-c2sc4c(c2C32CCCCC2)C2(CCCCC2)c2cc(C3=CC(=C(C#N)C#N)CCC3)sc2-4)CCC1. The maximum absolute atomic E-state index is 9.59. The lowest BCUT2D eigenvalue weighted by atomic mass is 9.61. The van der Waals surface area contributed by atoms with Gasteiger partial charge in [0.25, 0.3) is 5.70 Å². The van der Waals surface area contributed by atoms with Crippen molar-refractivity contribution in [1.29, 1.82) is 15.8 Å². The molecule has 6 aliphatic rings. The molecule has 0 radical (unpaired) electrons. The van der Waals surface area contributed by atoms with Gasteiger partial charge in [0.2, 0.25) is 0 Å². The van der Waals surface area contributed by atoms with Crippen LogP contribution < -0.4 is 0 Å². The Morgan fingerprint density at radius 3 is 1.55 bits per heavy atom. The second-order valence-corrected chi connectivity index (χ2v) is 17.9. The first-order chi connectivity index (χ1) is 24.0. The fourth-order valence-corrected chi connectivity index (χ4v) is 14.6. The van der Waals surface area contributed by atoms with Crippen LogP contribution in [0.3, 0.4) is 0 Å². The average Bonchev–Trinajstić information content (AvgIpc) is 3.95. The molecule has 242 valence electrons. The summed E-state index contributed by atoms with van der Waals surface area (Å²) in [6.45, 7) is 7.53. The summed E-state index contributed by atoms with van der Waals surface area (Å²) < 4.78 is 0. The van der Waals surface area contributed by atoms with E-state index in [-0.39, 0.29) is 22.1 Å². The molecular formula is C42H36N4S3. The highest BCUT2D eigenvalue weighted by molar-refractivity contribution is 7.27. The van der Waals surface area contributed by atoms with Crippen LogP contribution >= 0.6 is 34.0 Å². The number of hydrogen-bond acceptors (Lipinski definition) is 6. The van der Waals surface area contributed by atoms with Crippen molar-refractivity contribution < 1.29 is 0 Å². The summed E-state index contributed by atoms with van der Waals surface area (Å²) in [5, 5.41) is 28.8. The molecule has 3 heterocycles. The number of allylic oxidation sites excluding steroid dienone is 8. The van der Waals surface area contributed by atoms with Crippen LogP contribution in [0.1, 0.15) is 135 Å². The standard InChI is InChI=1S/C42H36N4S3/c1-46-32(24-45)26-11-9-13-28(19-26)34-21-31-38(48-34)40-36(42(31)16-6-3-7-17-42)35-39(49-40)37-30(41(35)14-4-2-5-15-41)20-33(47-37)27-12-8-10-25(18-27)29(22-43)23-44/h18-21H,2-17H2/b32-26+. The Labute approximate surface area is 300 Å². The minimum atomic E-state index is 0.0839. The van der Waals surface area contributed by atoms with Gasteiger partial charge in [0.05, 0.1) is 12.6 Å². The van der Waals surface area contributed by atoms with Crippen LogP contribution in [0.5, 0.6) is 0 Å². The van der Waals surface area contributed by atoms with E-state index in [4.69, 9.17) is 6.57 Å². The zero-order valence-electron chi connectivity index (χ0n) is 27.6. The molecule has 0 aromatic carbocycles. The van der Waals surface area contributed by atoms with Gasteiger partial charge < -0.3 is 0 Å². The molecule has 0 saturated heterocycles. The first-order valence-corrected chi connectivity index (χ1v) is 20.4. The van der Waals surface area contributed by atoms with E-state index in [9.17, 15) is 15.8 Å². The molecule has 6 aliphatic carbocycles. The molecule has 0 amide bonds. The Morgan fingerprint density at radius 2 is 1.08 bits per heavy atom. The normalized spacial score (nSPS) is 22.1. The van der Waals surface area contributed by atoms with Gasteiger partial charge in [0.1, 0.15) is 17.7 Å². The van der Waals surface area contributed by atoms with Gasteiger partial charge in [-0.25, -0.2) is 10.1 Å². The lowest BCUT2D eigenvalue weighted by Gasteiger charge is -2.41. The van der Waals surface area contributed by atoms with Crippen molar-refractivity contribution in [2.45, 2.75) is 114 Å². The van der Waals surface area contributed by atoms with Gasteiger partial charge in [-0.3, -0.25) is 0 Å². The van der Waals surface area contributed by atoms with Gasteiger partial charge in [-0.2, -0.15) is 10.5 Å². The van der Waals surface area contributed by atoms with Crippen LogP contribution in [0.15, 0.2) is 46.7 Å². The fraction of sp³-hybridized carbons (Fsp3) is 0.429. The summed E-state index contributed by atoms with van der Waals surface area (Å²) in [6, 6.07) is 11.5. The zero-order valence-corrected chi connectivity index (χ0v) is 30.1. The Balaban J connectivity index is 1.22. The number of hydrogen-bond donors (Lipinski definition) is 0. The van der Waals surface area contributed by atoms with Crippen molar-refractivity contribution in [2.24, 2.45) is 0 Å². The molecule has 0 unspecified atom stereocenters. The molecule has 0 aliphatic heterocycles. The van der Waals surface area contributed by atoms with E-state index < -0.39 is 0 Å². The molecular weight excluding hydrogens is 657 g/mol. The molecule has 2 saturated carbocycles. The van der Waals surface area contributed by atoms with Crippen molar-refractivity contribution in [3.63, 3.8) is 0 Å². The third-order valence-corrected chi connectivity index (χ3v) is 16.3. The lowest BCUT2D eigenvalue weighted by Crippen LogP contribution is -2.34. The van der Waals surface area contributed by atoms with E-state index in [1.54, 1.807) is 22.3 Å². The van der Waals surface area contributed by atoms with Gasteiger partial charge >= 0.3 is 0 Å². The van der Waals surface area contributed by atoms with E-state index in [0.717, 1.165) is 49.7 Å². The first-order valence-electron chi connectivity index (χ1n) is 18.0. The highest BCUT2D eigenvalue weighted by Crippen LogP contribution is 2.71. The Kier molecular flexibility index (Phi) is 7.49. The molecule has 0 bridgehead atoms. The molecule has 2 spiro atoms. The summed E-state index contributed by atoms with van der Waals surface area (Å²) >= 11 is 6.01. The maximum atomic E-state index is 9.59. The van der Waals surface area contributed by atoms with Gasteiger partial charge in [-0.05, 0) is 121 Å². The third kappa shape index (κ3) is 4.46. The lowest BCUT2D eigenvalue weighted by molar-refractivity contribution is 0.326. The van der Waals surface area contributed by atoms with Crippen molar-refractivity contribution >= 4 is 45.2 Å². The monoisotopic (exact) mass is 692 g/mol. The zero-order chi connectivity index (χ0) is 33.3. The van der Waals surface area contributed by atoms with Gasteiger partial charge in [-0.1, -0.05) is 50.7 Å². The van der Waals surface area contributed by atoms with E-state index in [1.807, 2.05) is 22.7 Å². The summed E-state index contributed by atoms with van der Waals surface area (Å²) in [6.07, 6.45) is 22.5. The molecule has 49 heavy (non-hydrogen) atoms. The topological polar surface area (TPSA) is 75.7 Å². The van der Waals surface area contributed by atoms with Gasteiger partial charge in [0.15, 0.2) is 0 Å². The van der Waals surface area contributed by atoms with Crippen molar-refractivity contribution in [3.8, 4) is 37.7 Å². The summed E-state index contributed by atoms with van der Waals surface area (Å²) in [4.78, 5) is 12.2. The van der Waals surface area contributed by atoms with E-state index in [1.165, 1.54) is 105 Å². The largest absolute Gasteiger partial charge is 0.265 e. The third-order valence-electron chi connectivity index (χ3n) is 12.4. The van der Waals surface area contributed by atoms with Crippen molar-refractivity contribution in [2.75, 3.05) is 0 Å². The minimum Gasteiger partial charge on any atom is -0.226 e. The number of nitriles is 3. The Morgan fingerprint density at radius 1 is 0.592 bits per heavy atom. The van der Waals surface area contributed by atoms with E-state index >= 15 is 0 Å². The van der Waals surface area contributed by atoms with Gasteiger partial charge in [0, 0.05) is 40.1 Å². The van der Waals surface area contributed by atoms with Crippen molar-refractivity contribution in [1.82, 2.24) is 0 Å². The second-order valence-electron chi connectivity index (χ2n) is 14.8. The van der Waals surface area contributed by atoms with Crippen LogP contribution in [-0.4, -0.2) is 0 Å². The molecule has 0 N–H and O–H groups in total. The van der Waals surface area contributed by atoms with E-state index in [0.29, 0.717) is 0 Å². The van der Waals surface area contributed by atoms with Crippen LogP contribution in [0.25, 0.3) is 35.5 Å². The maximum Gasteiger partial charge on any atom is 0.265 e. The average molecular weight is 693 g/mol. The van der Waals surface area contributed by atoms with Crippen LogP contribution in [-0.2, 0) is 10.8 Å². The van der Waals surface area contributed by atoms with Gasteiger partial charge in [-0.15, -0.1) is 34.0 Å². The molecule has 7 heteroatoms. The number of rotatable bonds is 2.